The number of hydrogen-bond acceptors (Lipinski definition) is 2. The second-order valence-corrected chi connectivity index (χ2v) is 4.71. The highest BCUT2D eigenvalue weighted by Gasteiger charge is 2.35. The summed E-state index contributed by atoms with van der Waals surface area (Å²) in [5, 5.41) is 0. The Morgan fingerprint density at radius 1 is 1.27 bits per heavy atom. The van der Waals surface area contributed by atoms with E-state index in [-0.39, 0.29) is 0 Å². The lowest BCUT2D eigenvalue weighted by atomic mass is 9.90. The van der Waals surface area contributed by atoms with Gasteiger partial charge in [0.1, 0.15) is 0 Å². The number of nitrogens with zero attached hydrogens (tertiary/aromatic N) is 1. The predicted octanol–water partition coefficient (Wildman–Crippen LogP) is 1.93. The minimum Gasteiger partial charge on any atom is -0.364 e. The normalized spacial score (nSPS) is 25.1. The van der Waals surface area contributed by atoms with Gasteiger partial charge in [-0.3, -0.25) is 0 Å². The van der Waals surface area contributed by atoms with Gasteiger partial charge in [-0.1, -0.05) is 18.2 Å². The second kappa shape index (κ2) is 3.53. The maximum atomic E-state index is 5.88. The molecule has 0 saturated heterocycles. The van der Waals surface area contributed by atoms with Gasteiger partial charge in [0.25, 0.3) is 0 Å². The molecule has 0 bridgehead atoms. The van der Waals surface area contributed by atoms with E-state index in [1.807, 2.05) is 0 Å². The van der Waals surface area contributed by atoms with Crippen LogP contribution in [0.25, 0.3) is 0 Å². The van der Waals surface area contributed by atoms with Crippen LogP contribution < -0.4 is 10.6 Å². The third kappa shape index (κ3) is 1.36. The van der Waals surface area contributed by atoms with Crippen molar-refractivity contribution in [3.8, 4) is 0 Å². The maximum Gasteiger partial charge on any atom is 0.0456 e. The Hall–Kier alpha value is -1.02. The number of anilines is 1. The van der Waals surface area contributed by atoms with Crippen LogP contribution in [-0.4, -0.2) is 18.6 Å². The summed E-state index contributed by atoms with van der Waals surface area (Å²) >= 11 is 0. The van der Waals surface area contributed by atoms with Gasteiger partial charge >= 0.3 is 0 Å². The summed E-state index contributed by atoms with van der Waals surface area (Å²) in [6, 6.07) is 10.1. The molecule has 2 nitrogen and oxygen atoms in total. The molecule has 3 rings (SSSR count). The second-order valence-electron chi connectivity index (χ2n) is 4.71. The molecule has 0 spiro atoms. The largest absolute Gasteiger partial charge is 0.364 e. The van der Waals surface area contributed by atoms with Crippen molar-refractivity contribution in [3.63, 3.8) is 0 Å². The zero-order chi connectivity index (χ0) is 10.3. The molecule has 15 heavy (non-hydrogen) atoms. The molecule has 0 aromatic heterocycles. The molecule has 0 radical (unpaired) electrons. The van der Waals surface area contributed by atoms with E-state index in [1.165, 1.54) is 30.5 Å². The average Bonchev–Trinajstić information content (AvgIpc) is 2.55. The van der Waals surface area contributed by atoms with Crippen LogP contribution in [0, 0.1) is 0 Å². The van der Waals surface area contributed by atoms with Gasteiger partial charge in [-0.05, 0) is 37.3 Å². The highest BCUT2D eigenvalue weighted by molar-refractivity contribution is 5.60. The highest BCUT2D eigenvalue weighted by atomic mass is 15.2. The zero-order valence-corrected chi connectivity index (χ0v) is 9.02. The van der Waals surface area contributed by atoms with E-state index >= 15 is 0 Å². The van der Waals surface area contributed by atoms with Gasteiger partial charge in [-0.15, -0.1) is 0 Å². The van der Waals surface area contributed by atoms with Crippen LogP contribution in [0.5, 0.6) is 0 Å². The van der Waals surface area contributed by atoms with Gasteiger partial charge in [0.15, 0.2) is 0 Å². The summed E-state index contributed by atoms with van der Waals surface area (Å²) in [7, 11) is 0. The van der Waals surface area contributed by atoms with Crippen LogP contribution in [0.4, 0.5) is 5.69 Å². The molecule has 1 unspecified atom stereocenters. The van der Waals surface area contributed by atoms with Gasteiger partial charge in [0.2, 0.25) is 0 Å². The van der Waals surface area contributed by atoms with Crippen LogP contribution in [0.2, 0.25) is 0 Å². The number of hydrogen-bond donors (Lipinski definition) is 1. The first-order chi connectivity index (χ1) is 7.40. The molecule has 1 heterocycles. The van der Waals surface area contributed by atoms with E-state index < -0.39 is 0 Å². The third-order valence-electron chi connectivity index (χ3n) is 3.86. The fraction of sp³-hybridized carbons (Fsp3) is 0.538. The molecule has 1 aromatic carbocycles. The van der Waals surface area contributed by atoms with Crippen molar-refractivity contribution in [1.29, 1.82) is 0 Å². The Labute approximate surface area is 91.1 Å². The first kappa shape index (κ1) is 9.22. The topological polar surface area (TPSA) is 29.3 Å². The summed E-state index contributed by atoms with van der Waals surface area (Å²) in [4.78, 5) is 2.58. The third-order valence-corrected chi connectivity index (χ3v) is 3.86. The summed E-state index contributed by atoms with van der Waals surface area (Å²) in [5.41, 5.74) is 8.81. The number of rotatable bonds is 2. The SMILES string of the molecule is NCC1Cc2ccccc2N1C1CCC1. The molecular formula is C13H18N2. The number of fused-ring (bicyclic) bond motifs is 1. The molecule has 1 aliphatic heterocycles. The molecule has 0 amide bonds. The zero-order valence-electron chi connectivity index (χ0n) is 9.02. The van der Waals surface area contributed by atoms with E-state index in [0.29, 0.717) is 6.04 Å². The van der Waals surface area contributed by atoms with E-state index in [4.69, 9.17) is 5.73 Å². The standard InChI is InChI=1S/C13H18N2/c14-9-12-8-10-4-1-2-7-13(10)15(12)11-5-3-6-11/h1-2,4,7,11-12H,3,5-6,8-9,14H2. The summed E-state index contributed by atoms with van der Waals surface area (Å²) in [6.07, 6.45) is 5.24. The molecule has 1 atom stereocenters. The molecule has 1 aliphatic carbocycles. The minimum absolute atomic E-state index is 0.549. The van der Waals surface area contributed by atoms with Crippen molar-refractivity contribution < 1.29 is 0 Å². The van der Waals surface area contributed by atoms with Crippen molar-refractivity contribution in [3.05, 3.63) is 29.8 Å². The smallest absolute Gasteiger partial charge is 0.0456 e. The lowest BCUT2D eigenvalue weighted by molar-refractivity contribution is 0.366. The monoisotopic (exact) mass is 202 g/mol. The Morgan fingerprint density at radius 3 is 2.73 bits per heavy atom. The van der Waals surface area contributed by atoms with Crippen LogP contribution >= 0.6 is 0 Å². The van der Waals surface area contributed by atoms with Crippen LogP contribution in [0.1, 0.15) is 24.8 Å². The van der Waals surface area contributed by atoms with Crippen molar-refractivity contribution in [2.75, 3.05) is 11.4 Å². The molecular weight excluding hydrogens is 184 g/mol. The van der Waals surface area contributed by atoms with E-state index in [1.54, 1.807) is 0 Å². The Morgan fingerprint density at radius 2 is 2.07 bits per heavy atom. The first-order valence-electron chi connectivity index (χ1n) is 5.96. The number of nitrogens with two attached hydrogens (primary N) is 1. The van der Waals surface area contributed by atoms with Crippen LogP contribution in [0.15, 0.2) is 24.3 Å². The first-order valence-corrected chi connectivity index (χ1v) is 5.96. The van der Waals surface area contributed by atoms with Gasteiger partial charge < -0.3 is 10.6 Å². The van der Waals surface area contributed by atoms with Crippen LogP contribution in [0.3, 0.4) is 0 Å². The van der Waals surface area contributed by atoms with Gasteiger partial charge in [0, 0.05) is 24.3 Å². The summed E-state index contributed by atoms with van der Waals surface area (Å²) < 4.78 is 0. The predicted molar refractivity (Wildman–Crippen MR) is 63.1 cm³/mol. The Balaban J connectivity index is 1.95. The van der Waals surface area contributed by atoms with E-state index in [0.717, 1.165) is 19.0 Å². The van der Waals surface area contributed by atoms with Crippen LogP contribution in [-0.2, 0) is 6.42 Å². The number of benzene rings is 1. The van der Waals surface area contributed by atoms with Crippen molar-refractivity contribution in [1.82, 2.24) is 0 Å². The molecule has 2 aliphatic rings. The molecule has 80 valence electrons. The summed E-state index contributed by atoms with van der Waals surface area (Å²) in [6.45, 7) is 0.783. The average molecular weight is 202 g/mol. The van der Waals surface area contributed by atoms with Gasteiger partial charge in [-0.25, -0.2) is 0 Å². The van der Waals surface area contributed by atoms with Gasteiger partial charge in [0.05, 0.1) is 0 Å². The lowest BCUT2D eigenvalue weighted by Crippen LogP contribution is -2.47. The quantitative estimate of drug-likeness (QED) is 0.794. The fourth-order valence-electron chi connectivity index (χ4n) is 2.84. The molecule has 1 saturated carbocycles. The lowest BCUT2D eigenvalue weighted by Gasteiger charge is -2.40. The molecule has 1 fully saturated rings. The van der Waals surface area contributed by atoms with Crippen molar-refractivity contribution in [2.24, 2.45) is 5.73 Å². The van der Waals surface area contributed by atoms with Crippen molar-refractivity contribution >= 4 is 5.69 Å². The Bertz CT molecular complexity index is 357. The van der Waals surface area contributed by atoms with E-state index in [2.05, 4.69) is 29.2 Å². The number of para-hydroxylation sites is 1. The molecule has 2 N–H and O–H groups in total. The minimum atomic E-state index is 0.549. The van der Waals surface area contributed by atoms with E-state index in [9.17, 15) is 0 Å². The fourth-order valence-corrected chi connectivity index (χ4v) is 2.84. The summed E-state index contributed by atoms with van der Waals surface area (Å²) in [5.74, 6) is 0. The molecule has 2 heteroatoms. The highest BCUT2D eigenvalue weighted by Crippen LogP contribution is 2.38. The Kier molecular flexibility index (Phi) is 2.17. The van der Waals surface area contributed by atoms with Gasteiger partial charge in [-0.2, -0.15) is 0 Å². The van der Waals surface area contributed by atoms with Crippen molar-refractivity contribution in [2.45, 2.75) is 37.8 Å². The molecule has 1 aromatic rings. The maximum absolute atomic E-state index is 5.88.